The smallest absolute Gasteiger partial charge is 0.227 e. The maximum absolute atomic E-state index is 12.3. The Morgan fingerprint density at radius 1 is 1.25 bits per heavy atom. The average Bonchev–Trinajstić information content (AvgIpc) is 3.26. The van der Waals surface area contributed by atoms with Crippen LogP contribution in [0.1, 0.15) is 24.1 Å². The zero-order valence-electron chi connectivity index (χ0n) is 12.2. The average molecular weight is 273 g/mol. The molecule has 1 aliphatic carbocycles. The van der Waals surface area contributed by atoms with Crippen LogP contribution in [0, 0.1) is 12.8 Å². The van der Waals surface area contributed by atoms with Crippen LogP contribution in [0.5, 0.6) is 0 Å². The van der Waals surface area contributed by atoms with Crippen molar-refractivity contribution in [3.63, 3.8) is 0 Å². The minimum atomic E-state index is 0.238. The van der Waals surface area contributed by atoms with E-state index in [-0.39, 0.29) is 5.91 Å². The predicted molar refractivity (Wildman–Crippen MR) is 78.4 cm³/mol. The maximum atomic E-state index is 12.3. The number of amides is 1. The monoisotopic (exact) mass is 273 g/mol. The first-order valence-electron chi connectivity index (χ1n) is 7.62. The Labute approximate surface area is 120 Å². The third-order valence-electron chi connectivity index (χ3n) is 4.27. The highest BCUT2D eigenvalue weighted by molar-refractivity contribution is 5.78. The van der Waals surface area contributed by atoms with Gasteiger partial charge in [0.15, 0.2) is 0 Å². The molecule has 0 unspecified atom stereocenters. The van der Waals surface area contributed by atoms with E-state index in [9.17, 15) is 4.79 Å². The van der Waals surface area contributed by atoms with Gasteiger partial charge in [-0.3, -0.25) is 14.7 Å². The Morgan fingerprint density at radius 3 is 2.60 bits per heavy atom. The van der Waals surface area contributed by atoms with Crippen LogP contribution < -0.4 is 0 Å². The Morgan fingerprint density at radius 2 is 2.00 bits per heavy atom. The van der Waals surface area contributed by atoms with E-state index in [0.717, 1.165) is 43.4 Å². The molecule has 1 aromatic heterocycles. The Kier molecular flexibility index (Phi) is 4.01. The van der Waals surface area contributed by atoms with E-state index in [1.54, 1.807) is 0 Å². The SMILES string of the molecule is Cc1ccc(CC(=O)N2CCN(CC3CC3)CC2)cn1. The number of rotatable bonds is 4. The summed E-state index contributed by atoms with van der Waals surface area (Å²) in [6.45, 7) is 7.03. The van der Waals surface area contributed by atoms with Gasteiger partial charge in [-0.05, 0) is 37.3 Å². The van der Waals surface area contributed by atoms with Gasteiger partial charge in [0.05, 0.1) is 6.42 Å². The van der Waals surface area contributed by atoms with Crippen molar-refractivity contribution in [3.8, 4) is 0 Å². The maximum Gasteiger partial charge on any atom is 0.227 e. The molecule has 1 amide bonds. The summed E-state index contributed by atoms with van der Waals surface area (Å²) in [4.78, 5) is 21.0. The van der Waals surface area contributed by atoms with Gasteiger partial charge in [-0.2, -0.15) is 0 Å². The second-order valence-corrected chi connectivity index (χ2v) is 6.11. The summed E-state index contributed by atoms with van der Waals surface area (Å²) >= 11 is 0. The lowest BCUT2D eigenvalue weighted by Gasteiger charge is -2.34. The molecule has 0 bridgehead atoms. The fourth-order valence-corrected chi connectivity index (χ4v) is 2.73. The van der Waals surface area contributed by atoms with Crippen molar-refractivity contribution in [3.05, 3.63) is 29.6 Å². The number of piperazine rings is 1. The first-order chi connectivity index (χ1) is 9.70. The molecule has 108 valence electrons. The largest absolute Gasteiger partial charge is 0.340 e. The van der Waals surface area contributed by atoms with Gasteiger partial charge < -0.3 is 4.90 Å². The Hall–Kier alpha value is -1.42. The van der Waals surface area contributed by atoms with Gasteiger partial charge in [0.2, 0.25) is 5.91 Å². The molecule has 0 radical (unpaired) electrons. The summed E-state index contributed by atoms with van der Waals surface area (Å²) < 4.78 is 0. The molecule has 0 spiro atoms. The van der Waals surface area contributed by atoms with Gasteiger partial charge in [0.1, 0.15) is 0 Å². The Bertz CT molecular complexity index is 459. The van der Waals surface area contributed by atoms with Crippen molar-refractivity contribution < 1.29 is 4.79 Å². The first-order valence-corrected chi connectivity index (χ1v) is 7.62. The first kappa shape index (κ1) is 13.6. The van der Waals surface area contributed by atoms with Crippen molar-refractivity contribution in [2.24, 2.45) is 5.92 Å². The molecule has 1 saturated carbocycles. The quantitative estimate of drug-likeness (QED) is 0.834. The fourth-order valence-electron chi connectivity index (χ4n) is 2.73. The van der Waals surface area contributed by atoms with Crippen LogP contribution in [0.25, 0.3) is 0 Å². The third-order valence-corrected chi connectivity index (χ3v) is 4.27. The van der Waals surface area contributed by atoms with E-state index in [0.29, 0.717) is 6.42 Å². The predicted octanol–water partition coefficient (Wildman–Crippen LogP) is 1.49. The molecule has 1 aromatic rings. The van der Waals surface area contributed by atoms with E-state index < -0.39 is 0 Å². The number of pyridine rings is 1. The van der Waals surface area contributed by atoms with Crippen molar-refractivity contribution in [2.45, 2.75) is 26.2 Å². The standard InChI is InChI=1S/C16H23N3O/c1-13-2-3-15(11-17-13)10-16(20)19-8-6-18(7-9-19)12-14-4-5-14/h2-3,11,14H,4-10,12H2,1H3. The minimum absolute atomic E-state index is 0.238. The van der Waals surface area contributed by atoms with E-state index in [4.69, 9.17) is 0 Å². The molecule has 3 rings (SSSR count). The molecule has 20 heavy (non-hydrogen) atoms. The number of hydrogen-bond acceptors (Lipinski definition) is 3. The van der Waals surface area contributed by atoms with Crippen molar-refractivity contribution >= 4 is 5.91 Å². The molecule has 4 heteroatoms. The van der Waals surface area contributed by atoms with Crippen LogP contribution in [0.3, 0.4) is 0 Å². The van der Waals surface area contributed by atoms with E-state index in [2.05, 4.69) is 9.88 Å². The van der Waals surface area contributed by atoms with Crippen molar-refractivity contribution in [2.75, 3.05) is 32.7 Å². The van der Waals surface area contributed by atoms with Gasteiger partial charge in [-0.1, -0.05) is 6.07 Å². The zero-order chi connectivity index (χ0) is 13.9. The van der Waals surface area contributed by atoms with E-state index >= 15 is 0 Å². The molecule has 1 saturated heterocycles. The van der Waals surface area contributed by atoms with Crippen LogP contribution in [-0.2, 0) is 11.2 Å². The molecule has 1 aliphatic heterocycles. The minimum Gasteiger partial charge on any atom is -0.340 e. The number of carbonyl (C=O) groups is 1. The fraction of sp³-hybridized carbons (Fsp3) is 0.625. The summed E-state index contributed by atoms with van der Waals surface area (Å²) in [7, 11) is 0. The molecular formula is C16H23N3O. The highest BCUT2D eigenvalue weighted by Crippen LogP contribution is 2.29. The molecule has 0 atom stereocenters. The second-order valence-electron chi connectivity index (χ2n) is 6.11. The van der Waals surface area contributed by atoms with Gasteiger partial charge >= 0.3 is 0 Å². The summed E-state index contributed by atoms with van der Waals surface area (Å²) in [5, 5.41) is 0. The summed E-state index contributed by atoms with van der Waals surface area (Å²) in [5.74, 6) is 1.18. The highest BCUT2D eigenvalue weighted by Gasteiger charge is 2.27. The zero-order valence-corrected chi connectivity index (χ0v) is 12.2. The number of hydrogen-bond donors (Lipinski definition) is 0. The van der Waals surface area contributed by atoms with Crippen LogP contribution in [0.4, 0.5) is 0 Å². The van der Waals surface area contributed by atoms with E-state index in [1.165, 1.54) is 19.4 Å². The van der Waals surface area contributed by atoms with Gasteiger partial charge in [-0.25, -0.2) is 0 Å². The molecule has 2 aliphatic rings. The molecule has 0 N–H and O–H groups in total. The van der Waals surface area contributed by atoms with Crippen LogP contribution in [-0.4, -0.2) is 53.4 Å². The summed E-state index contributed by atoms with van der Waals surface area (Å²) in [6.07, 6.45) is 5.10. The van der Waals surface area contributed by atoms with Gasteiger partial charge in [0.25, 0.3) is 0 Å². The second kappa shape index (κ2) is 5.92. The number of carbonyl (C=O) groups excluding carboxylic acids is 1. The molecule has 4 nitrogen and oxygen atoms in total. The Balaban J connectivity index is 1.47. The number of aryl methyl sites for hydroxylation is 1. The molecule has 2 fully saturated rings. The van der Waals surface area contributed by atoms with Crippen LogP contribution in [0.15, 0.2) is 18.3 Å². The lowest BCUT2D eigenvalue weighted by molar-refractivity contribution is -0.132. The molecule has 2 heterocycles. The summed E-state index contributed by atoms with van der Waals surface area (Å²) in [6, 6.07) is 3.97. The topological polar surface area (TPSA) is 36.4 Å². The lowest BCUT2D eigenvalue weighted by atomic mass is 10.1. The van der Waals surface area contributed by atoms with Crippen molar-refractivity contribution in [1.82, 2.24) is 14.8 Å². The lowest BCUT2D eigenvalue weighted by Crippen LogP contribution is -2.49. The summed E-state index contributed by atoms with van der Waals surface area (Å²) in [5.41, 5.74) is 2.01. The normalized spacial score (nSPS) is 20.1. The third kappa shape index (κ3) is 3.57. The van der Waals surface area contributed by atoms with Crippen LogP contribution in [0.2, 0.25) is 0 Å². The van der Waals surface area contributed by atoms with Crippen molar-refractivity contribution in [1.29, 1.82) is 0 Å². The molecular weight excluding hydrogens is 250 g/mol. The molecule has 0 aromatic carbocycles. The number of aromatic nitrogens is 1. The van der Waals surface area contributed by atoms with Gasteiger partial charge in [0, 0.05) is 44.6 Å². The highest BCUT2D eigenvalue weighted by atomic mass is 16.2. The number of nitrogens with zero attached hydrogens (tertiary/aromatic N) is 3. The van der Waals surface area contributed by atoms with E-state index in [1.807, 2.05) is 30.2 Å². The van der Waals surface area contributed by atoms with Crippen LogP contribution >= 0.6 is 0 Å². The van der Waals surface area contributed by atoms with Gasteiger partial charge in [-0.15, -0.1) is 0 Å².